The molecule has 2 aromatic rings. The highest BCUT2D eigenvalue weighted by molar-refractivity contribution is 9.10. The third-order valence-electron chi connectivity index (χ3n) is 4.61. The molecule has 0 saturated carbocycles. The van der Waals surface area contributed by atoms with Gasteiger partial charge in [0, 0.05) is 44.4 Å². The Labute approximate surface area is 159 Å². The van der Waals surface area contributed by atoms with Crippen LogP contribution in [0.3, 0.4) is 0 Å². The molecule has 2 aliphatic heterocycles. The first-order valence-electron chi connectivity index (χ1n) is 7.46. The zero-order chi connectivity index (χ0) is 18.2. The highest BCUT2D eigenvalue weighted by Crippen LogP contribution is 2.43. The van der Waals surface area contributed by atoms with E-state index in [1.165, 1.54) is 7.05 Å². The molecule has 126 valence electrons. The molecule has 0 unspecified atom stereocenters. The van der Waals surface area contributed by atoms with E-state index in [0.717, 1.165) is 9.80 Å². The number of hydrogen-bond donors (Lipinski definition) is 0. The van der Waals surface area contributed by atoms with Crippen molar-refractivity contribution in [3.05, 3.63) is 43.3 Å². The average Bonchev–Trinajstić information content (AvgIpc) is 2.57. The summed E-state index contributed by atoms with van der Waals surface area (Å²) in [7, 11) is 1.41. The number of amides is 4. The van der Waals surface area contributed by atoms with E-state index in [2.05, 4.69) is 31.9 Å². The Morgan fingerprint density at radius 3 is 1.80 bits per heavy atom. The molecule has 2 aromatic carbocycles. The van der Waals surface area contributed by atoms with Crippen molar-refractivity contribution < 1.29 is 19.2 Å². The van der Waals surface area contributed by atoms with Gasteiger partial charge in [0.1, 0.15) is 0 Å². The number of rotatable bonds is 1. The van der Waals surface area contributed by atoms with Gasteiger partial charge in [-0.3, -0.25) is 29.0 Å². The molecule has 0 saturated heterocycles. The van der Waals surface area contributed by atoms with Crippen molar-refractivity contribution in [1.29, 1.82) is 0 Å². The summed E-state index contributed by atoms with van der Waals surface area (Å²) in [5.74, 6) is -1.81. The molecule has 4 rings (SSSR count). The second-order valence-electron chi connectivity index (χ2n) is 5.84. The van der Waals surface area contributed by atoms with Crippen molar-refractivity contribution in [3.8, 4) is 0 Å². The van der Waals surface area contributed by atoms with Crippen LogP contribution in [0.2, 0.25) is 0 Å². The van der Waals surface area contributed by atoms with Gasteiger partial charge in [0.05, 0.1) is 11.1 Å². The molecule has 0 aliphatic carbocycles. The Balaban J connectivity index is 2.28. The molecule has 0 atom stereocenters. The Morgan fingerprint density at radius 1 is 0.800 bits per heavy atom. The number of halogens is 2. The minimum atomic E-state index is -0.470. The van der Waals surface area contributed by atoms with Gasteiger partial charge in [0.2, 0.25) is 0 Å². The third-order valence-corrected chi connectivity index (χ3v) is 5.86. The van der Waals surface area contributed by atoms with Gasteiger partial charge in [0.25, 0.3) is 23.6 Å². The first-order valence-corrected chi connectivity index (χ1v) is 9.05. The van der Waals surface area contributed by atoms with Crippen molar-refractivity contribution in [2.75, 3.05) is 13.6 Å². The molecule has 0 radical (unpaired) electrons. The number of nitrogens with zero attached hydrogens (tertiary/aromatic N) is 2. The number of imide groups is 2. The first kappa shape index (κ1) is 16.4. The van der Waals surface area contributed by atoms with Crippen molar-refractivity contribution in [2.45, 2.75) is 6.92 Å². The van der Waals surface area contributed by atoms with E-state index in [1.807, 2.05) is 0 Å². The highest BCUT2D eigenvalue weighted by Gasteiger charge is 2.40. The predicted molar refractivity (Wildman–Crippen MR) is 96.8 cm³/mol. The fraction of sp³-hybridized carbons (Fsp3) is 0.176. The molecule has 6 nitrogen and oxygen atoms in total. The summed E-state index contributed by atoms with van der Waals surface area (Å²) in [6.45, 7) is 1.95. The maximum atomic E-state index is 12.8. The maximum Gasteiger partial charge on any atom is 0.262 e. The van der Waals surface area contributed by atoms with E-state index in [-0.39, 0.29) is 17.7 Å². The molecule has 25 heavy (non-hydrogen) atoms. The van der Waals surface area contributed by atoms with Crippen molar-refractivity contribution in [3.63, 3.8) is 0 Å². The number of carbonyl (C=O) groups excluding carboxylic acids is 4. The topological polar surface area (TPSA) is 74.8 Å². The summed E-state index contributed by atoms with van der Waals surface area (Å²) < 4.78 is 0.851. The summed E-state index contributed by atoms with van der Waals surface area (Å²) in [6.07, 6.45) is 0. The summed E-state index contributed by atoms with van der Waals surface area (Å²) >= 11 is 6.71. The lowest BCUT2D eigenvalue weighted by atomic mass is 9.86. The molecule has 0 aromatic heterocycles. The molecule has 0 fully saturated rings. The van der Waals surface area contributed by atoms with E-state index in [4.69, 9.17) is 0 Å². The molecular weight excluding hydrogens is 456 g/mol. The van der Waals surface area contributed by atoms with Gasteiger partial charge in [-0.15, -0.1) is 0 Å². The van der Waals surface area contributed by atoms with Gasteiger partial charge in [-0.2, -0.15) is 0 Å². The molecule has 8 heteroatoms. The molecule has 0 spiro atoms. The van der Waals surface area contributed by atoms with Gasteiger partial charge < -0.3 is 0 Å². The van der Waals surface area contributed by atoms with E-state index in [0.29, 0.717) is 30.8 Å². The summed E-state index contributed by atoms with van der Waals surface area (Å²) in [5.41, 5.74) is 1.18. The zero-order valence-corrected chi connectivity index (χ0v) is 16.3. The zero-order valence-electron chi connectivity index (χ0n) is 13.1. The SMILES string of the molecule is CCN1C(=O)c2cc(Br)c3c4c(cc(Br)c(c24)C1=O)C(=O)N(C)C3=O. The Bertz CT molecular complexity index is 1060. The monoisotopic (exact) mass is 464 g/mol. The fourth-order valence-electron chi connectivity index (χ4n) is 3.43. The van der Waals surface area contributed by atoms with Gasteiger partial charge in [-0.1, -0.05) is 0 Å². The molecule has 2 heterocycles. The minimum absolute atomic E-state index is 0.229. The number of carbonyl (C=O) groups is 4. The lowest BCUT2D eigenvalue weighted by Gasteiger charge is -2.31. The highest BCUT2D eigenvalue weighted by atomic mass is 79.9. The van der Waals surface area contributed by atoms with Crippen LogP contribution < -0.4 is 0 Å². The van der Waals surface area contributed by atoms with Crippen molar-refractivity contribution in [1.82, 2.24) is 9.80 Å². The van der Waals surface area contributed by atoms with Gasteiger partial charge in [0.15, 0.2) is 0 Å². The quantitative estimate of drug-likeness (QED) is 0.606. The lowest BCUT2D eigenvalue weighted by molar-refractivity contribution is 0.0607. The normalized spacial score (nSPS) is 16.3. The maximum absolute atomic E-state index is 12.8. The van der Waals surface area contributed by atoms with Crippen LogP contribution in [0.25, 0.3) is 10.8 Å². The molecular formula is C17H10Br2N2O4. The smallest absolute Gasteiger partial charge is 0.262 e. The van der Waals surface area contributed by atoms with Crippen LogP contribution in [0.1, 0.15) is 48.4 Å². The van der Waals surface area contributed by atoms with Gasteiger partial charge in [-0.05, 0) is 50.9 Å². The van der Waals surface area contributed by atoms with E-state index >= 15 is 0 Å². The number of hydrogen-bond acceptors (Lipinski definition) is 4. The van der Waals surface area contributed by atoms with Crippen LogP contribution in [-0.4, -0.2) is 47.0 Å². The third kappa shape index (κ3) is 1.89. The average molecular weight is 466 g/mol. The van der Waals surface area contributed by atoms with Crippen LogP contribution in [-0.2, 0) is 0 Å². The Morgan fingerprint density at radius 2 is 1.28 bits per heavy atom. The van der Waals surface area contributed by atoms with Crippen LogP contribution in [0.15, 0.2) is 21.1 Å². The van der Waals surface area contributed by atoms with E-state index in [1.54, 1.807) is 19.1 Å². The van der Waals surface area contributed by atoms with Crippen molar-refractivity contribution >= 4 is 66.3 Å². The second kappa shape index (κ2) is 5.22. The standard InChI is InChI=1S/C17H10Br2N2O4/c1-3-21-15(23)7-5-8(18)12-10-6(14(22)20(2)16(12)24)4-9(19)13(11(7)10)17(21)25/h4-5H,3H2,1-2H3. The minimum Gasteiger partial charge on any atom is -0.277 e. The van der Waals surface area contributed by atoms with Gasteiger partial charge in [-0.25, -0.2) is 0 Å². The molecule has 0 N–H and O–H groups in total. The first-order chi connectivity index (χ1) is 11.8. The summed E-state index contributed by atoms with van der Waals surface area (Å²) in [6, 6.07) is 3.10. The van der Waals surface area contributed by atoms with Crippen molar-refractivity contribution in [2.24, 2.45) is 0 Å². The van der Waals surface area contributed by atoms with Crippen LogP contribution in [0.5, 0.6) is 0 Å². The predicted octanol–water partition coefficient (Wildman–Crippen LogP) is 3.21. The molecule has 2 aliphatic rings. The second-order valence-corrected chi connectivity index (χ2v) is 7.54. The Kier molecular flexibility index (Phi) is 3.42. The largest absolute Gasteiger partial charge is 0.277 e. The fourth-order valence-corrected chi connectivity index (χ4v) is 4.62. The van der Waals surface area contributed by atoms with E-state index in [9.17, 15) is 19.2 Å². The molecule has 4 amide bonds. The lowest BCUT2D eigenvalue weighted by Crippen LogP contribution is -2.42. The number of benzene rings is 2. The summed E-state index contributed by atoms with van der Waals surface area (Å²) in [5, 5.41) is 0.713. The summed E-state index contributed by atoms with van der Waals surface area (Å²) in [4.78, 5) is 52.9. The Hall–Kier alpha value is -2.06. The molecule has 0 bridgehead atoms. The van der Waals surface area contributed by atoms with Gasteiger partial charge >= 0.3 is 0 Å². The van der Waals surface area contributed by atoms with E-state index < -0.39 is 23.6 Å². The van der Waals surface area contributed by atoms with Crippen LogP contribution in [0, 0.1) is 0 Å². The van der Waals surface area contributed by atoms with Crippen LogP contribution in [0.4, 0.5) is 0 Å². The van der Waals surface area contributed by atoms with Crippen LogP contribution >= 0.6 is 31.9 Å².